The van der Waals surface area contributed by atoms with Gasteiger partial charge in [-0.1, -0.05) is 62.9 Å². The first-order valence-corrected chi connectivity index (χ1v) is 7.07. The van der Waals surface area contributed by atoms with Crippen molar-refractivity contribution in [1.82, 2.24) is 0 Å². The smallest absolute Gasteiger partial charge is 0.0595 e. The summed E-state index contributed by atoms with van der Waals surface area (Å²) in [5, 5.41) is 1.67. The molecule has 94 valence electrons. The Morgan fingerprint density at radius 2 is 1.67 bits per heavy atom. The third kappa shape index (κ3) is 3.01. The van der Waals surface area contributed by atoms with Gasteiger partial charge in [0.05, 0.1) is 16.1 Å². The molecule has 0 saturated heterocycles. The van der Waals surface area contributed by atoms with E-state index in [1.165, 1.54) is 0 Å². The van der Waals surface area contributed by atoms with Crippen LogP contribution in [0.1, 0.15) is 17.2 Å². The van der Waals surface area contributed by atoms with Gasteiger partial charge in [0.15, 0.2) is 0 Å². The Bertz CT molecular complexity index is 586. The number of halogens is 4. The lowest BCUT2D eigenvalue weighted by atomic mass is 10.00. The fourth-order valence-corrected chi connectivity index (χ4v) is 2.87. The van der Waals surface area contributed by atoms with E-state index in [9.17, 15) is 0 Å². The van der Waals surface area contributed by atoms with Gasteiger partial charge in [-0.15, -0.1) is 0 Å². The SMILES string of the molecule is NC(c1ccc(Cl)c(Cl)c1)c1ccc(Cl)cc1Br. The summed E-state index contributed by atoms with van der Waals surface area (Å²) in [5.74, 6) is 0. The molecule has 18 heavy (non-hydrogen) atoms. The van der Waals surface area contributed by atoms with Gasteiger partial charge in [-0.05, 0) is 35.4 Å². The molecule has 0 radical (unpaired) electrons. The second-order valence-electron chi connectivity index (χ2n) is 3.82. The molecule has 0 amide bonds. The molecule has 2 N–H and O–H groups in total. The molecule has 1 unspecified atom stereocenters. The minimum atomic E-state index is -0.286. The fraction of sp³-hybridized carbons (Fsp3) is 0.0769. The molecule has 2 aromatic rings. The van der Waals surface area contributed by atoms with E-state index >= 15 is 0 Å². The fourth-order valence-electron chi connectivity index (χ4n) is 1.64. The van der Waals surface area contributed by atoms with E-state index in [1.807, 2.05) is 18.2 Å². The maximum atomic E-state index is 6.21. The van der Waals surface area contributed by atoms with Gasteiger partial charge in [0.1, 0.15) is 0 Å². The van der Waals surface area contributed by atoms with Gasteiger partial charge in [-0.25, -0.2) is 0 Å². The van der Waals surface area contributed by atoms with Crippen molar-refractivity contribution in [2.24, 2.45) is 5.73 Å². The second-order valence-corrected chi connectivity index (χ2v) is 5.92. The predicted molar refractivity (Wildman–Crippen MR) is 81.6 cm³/mol. The van der Waals surface area contributed by atoms with E-state index in [4.69, 9.17) is 40.5 Å². The Kier molecular flexibility index (Phi) is 4.57. The van der Waals surface area contributed by atoms with Crippen LogP contribution in [0.25, 0.3) is 0 Å². The van der Waals surface area contributed by atoms with Gasteiger partial charge in [0.25, 0.3) is 0 Å². The summed E-state index contributed by atoms with van der Waals surface area (Å²) < 4.78 is 0.869. The average molecular weight is 365 g/mol. The number of hydrogen-bond acceptors (Lipinski definition) is 1. The van der Waals surface area contributed by atoms with Crippen molar-refractivity contribution in [3.63, 3.8) is 0 Å². The van der Waals surface area contributed by atoms with E-state index < -0.39 is 0 Å². The molecule has 0 saturated carbocycles. The molecule has 0 fully saturated rings. The number of hydrogen-bond donors (Lipinski definition) is 1. The third-order valence-corrected chi connectivity index (χ3v) is 4.26. The Morgan fingerprint density at radius 1 is 0.944 bits per heavy atom. The maximum Gasteiger partial charge on any atom is 0.0595 e. The highest BCUT2D eigenvalue weighted by Gasteiger charge is 2.13. The minimum Gasteiger partial charge on any atom is -0.320 e. The molecule has 5 heteroatoms. The molecule has 0 aliphatic carbocycles. The largest absolute Gasteiger partial charge is 0.320 e. The molecular weight excluding hydrogens is 356 g/mol. The zero-order chi connectivity index (χ0) is 13.3. The van der Waals surface area contributed by atoms with Gasteiger partial charge in [-0.2, -0.15) is 0 Å². The molecule has 0 bridgehead atoms. The van der Waals surface area contributed by atoms with Crippen LogP contribution in [0.15, 0.2) is 40.9 Å². The molecule has 0 aliphatic heterocycles. The van der Waals surface area contributed by atoms with E-state index in [0.29, 0.717) is 15.1 Å². The zero-order valence-corrected chi connectivity index (χ0v) is 13.0. The summed E-state index contributed by atoms with van der Waals surface area (Å²) in [4.78, 5) is 0. The molecule has 2 rings (SSSR count). The highest BCUT2D eigenvalue weighted by atomic mass is 79.9. The lowest BCUT2D eigenvalue weighted by Gasteiger charge is -2.15. The second kappa shape index (κ2) is 5.81. The lowest BCUT2D eigenvalue weighted by molar-refractivity contribution is 0.866. The molecule has 0 spiro atoms. The Hall–Kier alpha value is -0.250. The summed E-state index contributed by atoms with van der Waals surface area (Å²) >= 11 is 21.2. The Morgan fingerprint density at radius 3 is 2.28 bits per heavy atom. The van der Waals surface area contributed by atoms with E-state index in [-0.39, 0.29) is 6.04 Å². The first kappa shape index (κ1) is 14.2. The summed E-state index contributed by atoms with van der Waals surface area (Å²) in [5.41, 5.74) is 8.05. The predicted octanol–water partition coefficient (Wildman–Crippen LogP) is 5.46. The number of benzene rings is 2. The first-order valence-electron chi connectivity index (χ1n) is 5.14. The van der Waals surface area contributed by atoms with E-state index in [2.05, 4.69) is 15.9 Å². The van der Waals surface area contributed by atoms with Crippen LogP contribution in [0.2, 0.25) is 15.1 Å². The van der Waals surface area contributed by atoms with Gasteiger partial charge in [0.2, 0.25) is 0 Å². The summed E-state index contributed by atoms with van der Waals surface area (Å²) in [7, 11) is 0. The highest BCUT2D eigenvalue weighted by Crippen LogP contribution is 2.32. The molecule has 1 atom stereocenters. The molecule has 0 aromatic heterocycles. The van der Waals surface area contributed by atoms with Crippen LogP contribution in [0, 0.1) is 0 Å². The van der Waals surface area contributed by atoms with Gasteiger partial charge < -0.3 is 5.73 Å². The average Bonchev–Trinajstić information content (AvgIpc) is 2.32. The first-order chi connectivity index (χ1) is 8.49. The molecule has 0 heterocycles. The molecule has 0 aliphatic rings. The summed E-state index contributed by atoms with van der Waals surface area (Å²) in [6, 6.07) is 10.6. The topological polar surface area (TPSA) is 26.0 Å². The molecule has 1 nitrogen and oxygen atoms in total. The quantitative estimate of drug-likeness (QED) is 0.752. The van der Waals surface area contributed by atoms with Crippen molar-refractivity contribution in [2.45, 2.75) is 6.04 Å². The number of nitrogens with two attached hydrogens (primary N) is 1. The van der Waals surface area contributed by atoms with Crippen molar-refractivity contribution in [1.29, 1.82) is 0 Å². The Balaban J connectivity index is 2.41. The van der Waals surface area contributed by atoms with Crippen LogP contribution in [-0.2, 0) is 0 Å². The Labute approximate surface area is 129 Å². The van der Waals surface area contributed by atoms with E-state index in [1.54, 1.807) is 18.2 Å². The minimum absolute atomic E-state index is 0.286. The zero-order valence-electron chi connectivity index (χ0n) is 9.13. The van der Waals surface area contributed by atoms with Gasteiger partial charge in [-0.3, -0.25) is 0 Å². The van der Waals surface area contributed by atoms with Crippen molar-refractivity contribution >= 4 is 50.7 Å². The van der Waals surface area contributed by atoms with Crippen LogP contribution in [0.5, 0.6) is 0 Å². The third-order valence-electron chi connectivity index (χ3n) is 2.60. The van der Waals surface area contributed by atoms with Gasteiger partial charge >= 0.3 is 0 Å². The van der Waals surface area contributed by atoms with Gasteiger partial charge in [0, 0.05) is 9.50 Å². The van der Waals surface area contributed by atoms with Crippen LogP contribution < -0.4 is 5.73 Å². The lowest BCUT2D eigenvalue weighted by Crippen LogP contribution is -2.12. The summed E-state index contributed by atoms with van der Waals surface area (Å²) in [6.07, 6.45) is 0. The van der Waals surface area contributed by atoms with Crippen LogP contribution in [0.3, 0.4) is 0 Å². The maximum absolute atomic E-state index is 6.21. The standard InChI is InChI=1S/C13H9BrCl3N/c14-10-6-8(15)2-3-9(10)13(18)7-1-4-11(16)12(17)5-7/h1-6,13H,18H2. The molecular formula is C13H9BrCl3N. The summed E-state index contributed by atoms with van der Waals surface area (Å²) in [6.45, 7) is 0. The van der Waals surface area contributed by atoms with Crippen molar-refractivity contribution < 1.29 is 0 Å². The monoisotopic (exact) mass is 363 g/mol. The van der Waals surface area contributed by atoms with E-state index in [0.717, 1.165) is 15.6 Å². The van der Waals surface area contributed by atoms with Crippen molar-refractivity contribution in [3.05, 3.63) is 67.1 Å². The van der Waals surface area contributed by atoms with Crippen LogP contribution in [0.4, 0.5) is 0 Å². The van der Waals surface area contributed by atoms with Crippen LogP contribution in [-0.4, -0.2) is 0 Å². The van der Waals surface area contributed by atoms with Crippen molar-refractivity contribution in [3.8, 4) is 0 Å². The highest BCUT2D eigenvalue weighted by molar-refractivity contribution is 9.10. The van der Waals surface area contributed by atoms with Crippen LogP contribution >= 0.6 is 50.7 Å². The van der Waals surface area contributed by atoms with Crippen molar-refractivity contribution in [2.75, 3.05) is 0 Å². The normalized spacial score (nSPS) is 12.5. The molecule has 2 aromatic carbocycles. The number of rotatable bonds is 2.